The number of aromatic nitrogens is 2. The van der Waals surface area contributed by atoms with Gasteiger partial charge in [-0.05, 0) is 43.5 Å². The molecule has 1 fully saturated rings. The van der Waals surface area contributed by atoms with Crippen LogP contribution in [0.3, 0.4) is 0 Å². The van der Waals surface area contributed by atoms with Crippen LogP contribution in [0.2, 0.25) is 0 Å². The zero-order chi connectivity index (χ0) is 17.6. The van der Waals surface area contributed by atoms with Gasteiger partial charge in [-0.1, -0.05) is 12.1 Å². The fraction of sp³-hybridized carbons (Fsp3) is 0.500. The van der Waals surface area contributed by atoms with Crippen LogP contribution in [0.5, 0.6) is 0 Å². The fourth-order valence-electron chi connectivity index (χ4n) is 2.98. The quantitative estimate of drug-likeness (QED) is 0.870. The first-order valence-corrected chi connectivity index (χ1v) is 8.74. The highest BCUT2D eigenvalue weighted by Crippen LogP contribution is 2.14. The van der Waals surface area contributed by atoms with Gasteiger partial charge in [-0.2, -0.15) is 4.98 Å². The lowest BCUT2D eigenvalue weighted by Crippen LogP contribution is -2.44. The lowest BCUT2D eigenvalue weighted by molar-refractivity contribution is 0.0904. The SMILES string of the molecule is CCCc1noc(CN2CCC(NC(=O)c3ccc(F)cc3)CC2)n1. The largest absolute Gasteiger partial charge is 0.349 e. The van der Waals surface area contributed by atoms with Crippen LogP contribution in [-0.2, 0) is 13.0 Å². The Labute approximate surface area is 146 Å². The lowest BCUT2D eigenvalue weighted by Gasteiger charge is -2.31. The van der Waals surface area contributed by atoms with Crippen molar-refractivity contribution < 1.29 is 13.7 Å². The van der Waals surface area contributed by atoms with Crippen LogP contribution in [0.25, 0.3) is 0 Å². The number of likely N-dealkylation sites (tertiary alicyclic amines) is 1. The van der Waals surface area contributed by atoms with E-state index in [0.717, 1.165) is 44.6 Å². The highest BCUT2D eigenvalue weighted by atomic mass is 19.1. The monoisotopic (exact) mass is 346 g/mol. The molecule has 0 bridgehead atoms. The van der Waals surface area contributed by atoms with E-state index in [4.69, 9.17) is 4.52 Å². The van der Waals surface area contributed by atoms with E-state index in [2.05, 4.69) is 27.3 Å². The highest BCUT2D eigenvalue weighted by molar-refractivity contribution is 5.94. The Morgan fingerprint density at radius 2 is 2.04 bits per heavy atom. The molecule has 1 amide bonds. The van der Waals surface area contributed by atoms with Gasteiger partial charge in [-0.3, -0.25) is 9.69 Å². The van der Waals surface area contributed by atoms with Crippen LogP contribution in [0.1, 0.15) is 48.3 Å². The maximum atomic E-state index is 12.9. The summed E-state index contributed by atoms with van der Waals surface area (Å²) in [5.74, 6) is 0.920. The van der Waals surface area contributed by atoms with Crippen LogP contribution in [0, 0.1) is 5.82 Å². The maximum Gasteiger partial charge on any atom is 0.251 e. The number of carbonyl (C=O) groups excluding carboxylic acids is 1. The number of nitrogens with zero attached hydrogens (tertiary/aromatic N) is 3. The number of halogens is 1. The Morgan fingerprint density at radius 3 is 2.72 bits per heavy atom. The molecule has 0 spiro atoms. The second-order valence-electron chi connectivity index (χ2n) is 6.39. The smallest absolute Gasteiger partial charge is 0.251 e. The Bertz CT molecular complexity index is 693. The molecule has 0 saturated carbocycles. The van der Waals surface area contributed by atoms with Gasteiger partial charge in [0.15, 0.2) is 5.82 Å². The van der Waals surface area contributed by atoms with Gasteiger partial charge in [0.25, 0.3) is 5.91 Å². The number of piperidine rings is 1. The van der Waals surface area contributed by atoms with E-state index in [1.54, 1.807) is 0 Å². The zero-order valence-electron chi connectivity index (χ0n) is 14.4. The molecule has 1 saturated heterocycles. The van der Waals surface area contributed by atoms with E-state index in [1.165, 1.54) is 24.3 Å². The molecule has 7 heteroatoms. The van der Waals surface area contributed by atoms with Gasteiger partial charge >= 0.3 is 0 Å². The molecule has 1 aromatic carbocycles. The molecule has 1 aliphatic heterocycles. The van der Waals surface area contributed by atoms with Gasteiger partial charge in [0.05, 0.1) is 6.54 Å². The van der Waals surface area contributed by atoms with Crippen molar-refractivity contribution in [1.82, 2.24) is 20.4 Å². The number of benzene rings is 1. The molecule has 0 aliphatic carbocycles. The molecule has 1 aromatic heterocycles. The molecule has 0 radical (unpaired) electrons. The number of nitrogens with one attached hydrogen (secondary N) is 1. The standard InChI is InChI=1S/C18H23FN4O2/c1-2-3-16-21-17(25-22-16)12-23-10-8-15(9-11-23)20-18(24)13-4-6-14(19)7-5-13/h4-7,15H,2-3,8-12H2,1H3,(H,20,24). The summed E-state index contributed by atoms with van der Waals surface area (Å²) in [6.07, 6.45) is 3.56. The van der Waals surface area contributed by atoms with Crippen LogP contribution in [0.4, 0.5) is 4.39 Å². The molecular weight excluding hydrogens is 323 g/mol. The van der Waals surface area contributed by atoms with Crippen molar-refractivity contribution in [2.75, 3.05) is 13.1 Å². The topological polar surface area (TPSA) is 71.3 Å². The summed E-state index contributed by atoms with van der Waals surface area (Å²) in [7, 11) is 0. The second-order valence-corrected chi connectivity index (χ2v) is 6.39. The van der Waals surface area contributed by atoms with E-state index in [0.29, 0.717) is 18.0 Å². The summed E-state index contributed by atoms with van der Waals surface area (Å²) >= 11 is 0. The molecule has 3 rings (SSSR count). The highest BCUT2D eigenvalue weighted by Gasteiger charge is 2.22. The van der Waals surface area contributed by atoms with Crippen LogP contribution < -0.4 is 5.32 Å². The molecule has 1 aliphatic rings. The van der Waals surface area contributed by atoms with Gasteiger partial charge in [-0.15, -0.1) is 0 Å². The predicted molar refractivity (Wildman–Crippen MR) is 90.5 cm³/mol. The van der Waals surface area contributed by atoms with Crippen LogP contribution in [0.15, 0.2) is 28.8 Å². The minimum atomic E-state index is -0.340. The maximum absolute atomic E-state index is 12.9. The van der Waals surface area contributed by atoms with Crippen molar-refractivity contribution in [1.29, 1.82) is 0 Å². The minimum absolute atomic E-state index is 0.132. The summed E-state index contributed by atoms with van der Waals surface area (Å²) in [6.45, 7) is 4.45. The molecule has 1 N–H and O–H groups in total. The number of amides is 1. The second kappa shape index (κ2) is 8.20. The third-order valence-corrected chi connectivity index (χ3v) is 4.37. The Kier molecular flexibility index (Phi) is 5.75. The number of hydrogen-bond donors (Lipinski definition) is 1. The van der Waals surface area contributed by atoms with Gasteiger partial charge < -0.3 is 9.84 Å². The Balaban J connectivity index is 1.45. The number of carbonyl (C=O) groups is 1. The average molecular weight is 346 g/mol. The van der Waals surface area contributed by atoms with Gasteiger partial charge in [0.2, 0.25) is 5.89 Å². The summed E-state index contributed by atoms with van der Waals surface area (Å²) in [5.41, 5.74) is 0.484. The fourth-order valence-corrected chi connectivity index (χ4v) is 2.98. The zero-order valence-corrected chi connectivity index (χ0v) is 14.4. The van der Waals surface area contributed by atoms with Crippen LogP contribution >= 0.6 is 0 Å². The van der Waals surface area contributed by atoms with E-state index < -0.39 is 0 Å². The van der Waals surface area contributed by atoms with Crippen molar-refractivity contribution in [3.05, 3.63) is 47.4 Å². The van der Waals surface area contributed by atoms with Crippen molar-refractivity contribution in [2.45, 2.75) is 45.2 Å². The first kappa shape index (κ1) is 17.5. The molecular formula is C18H23FN4O2. The summed E-state index contributed by atoms with van der Waals surface area (Å²) < 4.78 is 18.2. The molecule has 0 unspecified atom stereocenters. The Morgan fingerprint density at radius 1 is 1.32 bits per heavy atom. The normalized spacial score (nSPS) is 16.1. The van der Waals surface area contributed by atoms with Gasteiger partial charge in [-0.25, -0.2) is 4.39 Å². The predicted octanol–water partition coefficient (Wildman–Crippen LogP) is 2.56. The van der Waals surface area contributed by atoms with Gasteiger partial charge in [0.1, 0.15) is 5.82 Å². The summed E-state index contributed by atoms with van der Waals surface area (Å²) in [4.78, 5) is 18.8. The first-order chi connectivity index (χ1) is 12.1. The number of rotatable bonds is 6. The van der Waals surface area contributed by atoms with Gasteiger partial charge in [0, 0.05) is 31.1 Å². The van der Waals surface area contributed by atoms with Crippen LogP contribution in [-0.4, -0.2) is 40.1 Å². The van der Waals surface area contributed by atoms with E-state index >= 15 is 0 Å². The lowest BCUT2D eigenvalue weighted by atomic mass is 10.0. The number of hydrogen-bond acceptors (Lipinski definition) is 5. The third kappa shape index (κ3) is 4.85. The van der Waals surface area contributed by atoms with E-state index in [-0.39, 0.29) is 17.8 Å². The number of aryl methyl sites for hydroxylation is 1. The van der Waals surface area contributed by atoms with Crippen molar-refractivity contribution in [2.24, 2.45) is 0 Å². The third-order valence-electron chi connectivity index (χ3n) is 4.37. The molecule has 6 nitrogen and oxygen atoms in total. The van der Waals surface area contributed by atoms with Crippen molar-refractivity contribution >= 4 is 5.91 Å². The van der Waals surface area contributed by atoms with Crippen molar-refractivity contribution in [3.63, 3.8) is 0 Å². The molecule has 25 heavy (non-hydrogen) atoms. The minimum Gasteiger partial charge on any atom is -0.349 e. The molecule has 2 aromatic rings. The molecule has 2 heterocycles. The molecule has 0 atom stereocenters. The average Bonchev–Trinajstić information content (AvgIpc) is 3.04. The first-order valence-electron chi connectivity index (χ1n) is 8.74. The molecule has 134 valence electrons. The summed E-state index contributed by atoms with van der Waals surface area (Å²) in [5, 5.41) is 6.99. The van der Waals surface area contributed by atoms with E-state index in [1.807, 2.05) is 0 Å². The van der Waals surface area contributed by atoms with E-state index in [9.17, 15) is 9.18 Å². The van der Waals surface area contributed by atoms with Crippen molar-refractivity contribution in [3.8, 4) is 0 Å². The summed E-state index contributed by atoms with van der Waals surface area (Å²) in [6, 6.07) is 5.74. The Hall–Kier alpha value is -2.28.